The van der Waals surface area contributed by atoms with E-state index in [9.17, 15) is 9.50 Å². The van der Waals surface area contributed by atoms with Gasteiger partial charge in [-0.25, -0.2) is 4.39 Å². The lowest BCUT2D eigenvalue weighted by Crippen LogP contribution is -2.18. The summed E-state index contributed by atoms with van der Waals surface area (Å²) in [5.41, 5.74) is 1.25. The van der Waals surface area contributed by atoms with Gasteiger partial charge in [0.05, 0.1) is 5.60 Å². The molecule has 0 radical (unpaired) electrons. The largest absolute Gasteiger partial charge is 0.386 e. The zero-order valence-corrected chi connectivity index (χ0v) is 8.60. The van der Waals surface area contributed by atoms with Gasteiger partial charge in [-0.1, -0.05) is 12.1 Å². The van der Waals surface area contributed by atoms with Crippen LogP contribution in [-0.2, 0) is 18.4 Å². The average molecular weight is 194 g/mol. The van der Waals surface area contributed by atoms with Crippen molar-refractivity contribution in [2.24, 2.45) is 0 Å². The first-order chi connectivity index (χ1) is 6.50. The fraction of sp³-hybridized carbons (Fsp3) is 0.500. The van der Waals surface area contributed by atoms with Gasteiger partial charge in [-0.3, -0.25) is 0 Å². The molecular formula is C12H15FO. The number of benzene rings is 1. The minimum atomic E-state index is -1.08. The van der Waals surface area contributed by atoms with Gasteiger partial charge < -0.3 is 5.11 Å². The van der Waals surface area contributed by atoms with Gasteiger partial charge in [0.25, 0.3) is 0 Å². The standard InChI is InChI=1S/C12H15FO/c1-12(2,14)10-7-6-8-4-3-5-9(8)11(10)13/h6-7,14H,3-5H2,1-2H3. The van der Waals surface area contributed by atoms with Crippen molar-refractivity contribution in [1.82, 2.24) is 0 Å². The zero-order chi connectivity index (χ0) is 10.3. The molecule has 0 amide bonds. The Morgan fingerprint density at radius 1 is 1.29 bits per heavy atom. The van der Waals surface area contributed by atoms with Crippen molar-refractivity contribution in [3.8, 4) is 0 Å². The first-order valence-electron chi connectivity index (χ1n) is 5.03. The molecule has 0 atom stereocenters. The van der Waals surface area contributed by atoms with E-state index in [0.717, 1.165) is 30.4 Å². The fourth-order valence-electron chi connectivity index (χ4n) is 2.09. The minimum Gasteiger partial charge on any atom is -0.386 e. The third-order valence-electron chi connectivity index (χ3n) is 2.87. The van der Waals surface area contributed by atoms with Gasteiger partial charge in [-0.2, -0.15) is 0 Å². The molecule has 0 fully saturated rings. The molecule has 0 aliphatic heterocycles. The molecule has 76 valence electrons. The number of halogens is 1. The molecule has 1 N–H and O–H groups in total. The molecule has 0 heterocycles. The highest BCUT2D eigenvalue weighted by Gasteiger charge is 2.25. The van der Waals surface area contributed by atoms with E-state index in [1.54, 1.807) is 19.9 Å². The van der Waals surface area contributed by atoms with Gasteiger partial charge in [0, 0.05) is 5.56 Å². The number of hydrogen-bond acceptors (Lipinski definition) is 1. The summed E-state index contributed by atoms with van der Waals surface area (Å²) >= 11 is 0. The van der Waals surface area contributed by atoms with Crippen LogP contribution in [0.2, 0.25) is 0 Å². The maximum absolute atomic E-state index is 13.9. The molecule has 2 rings (SSSR count). The molecule has 0 aromatic heterocycles. The van der Waals surface area contributed by atoms with Crippen molar-refractivity contribution in [3.05, 3.63) is 34.6 Å². The van der Waals surface area contributed by atoms with Crippen LogP contribution in [0.1, 0.15) is 37.0 Å². The van der Waals surface area contributed by atoms with Crippen molar-refractivity contribution in [2.45, 2.75) is 38.7 Å². The summed E-state index contributed by atoms with van der Waals surface area (Å²) in [7, 11) is 0. The minimum absolute atomic E-state index is 0.201. The van der Waals surface area contributed by atoms with Crippen molar-refractivity contribution >= 4 is 0 Å². The van der Waals surface area contributed by atoms with Crippen LogP contribution in [0.25, 0.3) is 0 Å². The van der Waals surface area contributed by atoms with Crippen LogP contribution in [0.4, 0.5) is 4.39 Å². The van der Waals surface area contributed by atoms with Gasteiger partial charge >= 0.3 is 0 Å². The monoisotopic (exact) mass is 194 g/mol. The molecule has 1 nitrogen and oxygen atoms in total. The van der Waals surface area contributed by atoms with E-state index in [4.69, 9.17) is 0 Å². The predicted molar refractivity (Wildman–Crippen MR) is 53.7 cm³/mol. The van der Waals surface area contributed by atoms with E-state index in [-0.39, 0.29) is 5.82 Å². The first kappa shape index (κ1) is 9.66. The molecule has 1 aromatic carbocycles. The number of aryl methyl sites for hydroxylation is 1. The lowest BCUT2D eigenvalue weighted by atomic mass is 9.94. The molecule has 1 aliphatic carbocycles. The summed E-state index contributed by atoms with van der Waals surface area (Å²) in [6.07, 6.45) is 2.81. The second kappa shape index (κ2) is 3.06. The Bertz CT molecular complexity index is 363. The van der Waals surface area contributed by atoms with Crippen LogP contribution in [-0.4, -0.2) is 5.11 Å². The number of hydrogen-bond donors (Lipinski definition) is 1. The SMILES string of the molecule is CC(C)(O)c1ccc2c(c1F)CCC2. The summed E-state index contributed by atoms with van der Waals surface area (Å²) in [5.74, 6) is -0.201. The first-order valence-corrected chi connectivity index (χ1v) is 5.03. The second-order valence-corrected chi connectivity index (χ2v) is 4.48. The zero-order valence-electron chi connectivity index (χ0n) is 8.60. The number of aliphatic hydroxyl groups is 1. The quantitative estimate of drug-likeness (QED) is 0.728. The number of rotatable bonds is 1. The van der Waals surface area contributed by atoms with E-state index in [1.165, 1.54) is 0 Å². The predicted octanol–water partition coefficient (Wildman–Crippen LogP) is 2.54. The lowest BCUT2D eigenvalue weighted by molar-refractivity contribution is 0.0744. The summed E-state index contributed by atoms with van der Waals surface area (Å²) in [5, 5.41) is 9.76. The van der Waals surface area contributed by atoms with Crippen molar-refractivity contribution in [1.29, 1.82) is 0 Å². The molecule has 14 heavy (non-hydrogen) atoms. The van der Waals surface area contributed by atoms with Gasteiger partial charge in [-0.15, -0.1) is 0 Å². The molecule has 0 spiro atoms. The summed E-state index contributed by atoms with van der Waals surface area (Å²) in [6, 6.07) is 3.65. The van der Waals surface area contributed by atoms with E-state index < -0.39 is 5.60 Å². The maximum atomic E-state index is 13.9. The molecule has 1 aliphatic rings. The highest BCUT2D eigenvalue weighted by molar-refractivity contribution is 5.38. The lowest BCUT2D eigenvalue weighted by Gasteiger charge is -2.20. The molecule has 0 unspecified atom stereocenters. The molecule has 2 heteroatoms. The topological polar surface area (TPSA) is 20.2 Å². The Balaban J connectivity index is 2.56. The second-order valence-electron chi connectivity index (χ2n) is 4.48. The van der Waals surface area contributed by atoms with E-state index >= 15 is 0 Å². The van der Waals surface area contributed by atoms with E-state index in [2.05, 4.69) is 0 Å². The Labute approximate surface area is 83.6 Å². The van der Waals surface area contributed by atoms with Crippen LogP contribution in [0.15, 0.2) is 12.1 Å². The summed E-state index contributed by atoms with van der Waals surface area (Å²) in [6.45, 7) is 3.24. The third kappa shape index (κ3) is 1.44. The normalized spacial score (nSPS) is 15.7. The van der Waals surface area contributed by atoms with Gasteiger partial charge in [0.2, 0.25) is 0 Å². The fourth-order valence-corrected chi connectivity index (χ4v) is 2.09. The Morgan fingerprint density at radius 2 is 2.00 bits per heavy atom. The smallest absolute Gasteiger partial charge is 0.132 e. The van der Waals surface area contributed by atoms with E-state index in [1.807, 2.05) is 6.07 Å². The van der Waals surface area contributed by atoms with E-state index in [0.29, 0.717) is 5.56 Å². The van der Waals surface area contributed by atoms with Crippen molar-refractivity contribution in [3.63, 3.8) is 0 Å². The van der Waals surface area contributed by atoms with Crippen molar-refractivity contribution < 1.29 is 9.50 Å². The van der Waals surface area contributed by atoms with Crippen LogP contribution in [0, 0.1) is 5.82 Å². The molecular weight excluding hydrogens is 179 g/mol. The molecule has 0 saturated heterocycles. The van der Waals surface area contributed by atoms with Crippen LogP contribution >= 0.6 is 0 Å². The molecule has 1 aromatic rings. The highest BCUT2D eigenvalue weighted by Crippen LogP contribution is 2.31. The molecule has 0 bridgehead atoms. The van der Waals surface area contributed by atoms with Crippen LogP contribution < -0.4 is 0 Å². The number of fused-ring (bicyclic) bond motifs is 1. The average Bonchev–Trinajstić information content (AvgIpc) is 2.50. The third-order valence-corrected chi connectivity index (χ3v) is 2.87. The summed E-state index contributed by atoms with van der Waals surface area (Å²) in [4.78, 5) is 0. The van der Waals surface area contributed by atoms with Crippen molar-refractivity contribution in [2.75, 3.05) is 0 Å². The van der Waals surface area contributed by atoms with Gasteiger partial charge in [-0.05, 0) is 44.2 Å². The van der Waals surface area contributed by atoms with Gasteiger partial charge in [0.1, 0.15) is 5.82 Å². The Morgan fingerprint density at radius 3 is 2.64 bits per heavy atom. The van der Waals surface area contributed by atoms with Crippen LogP contribution in [0.3, 0.4) is 0 Å². The Kier molecular flexibility index (Phi) is 2.11. The van der Waals surface area contributed by atoms with Crippen LogP contribution in [0.5, 0.6) is 0 Å². The highest BCUT2D eigenvalue weighted by atomic mass is 19.1. The molecule has 0 saturated carbocycles. The van der Waals surface area contributed by atoms with Gasteiger partial charge in [0.15, 0.2) is 0 Å². The maximum Gasteiger partial charge on any atom is 0.132 e. The summed E-state index contributed by atoms with van der Waals surface area (Å²) < 4.78 is 13.9. The Hall–Kier alpha value is -0.890.